The fraction of sp³-hybridized carbons (Fsp3) is 0.364. The SMILES string of the molecule is CC(C)(C)N(C[C@@H](O)[C@H](Cc1ccccc1)NC(=O)[C@H](CC(N)=O)NC(=O)OCc1ccccc1)C(=O)NCc1ccncc1. The highest BCUT2D eigenvalue weighted by atomic mass is 16.5. The largest absolute Gasteiger partial charge is 0.445 e. The Labute approximate surface area is 263 Å². The summed E-state index contributed by atoms with van der Waals surface area (Å²) in [6, 6.07) is 19.1. The molecule has 0 aliphatic rings. The van der Waals surface area contributed by atoms with E-state index in [0.717, 1.165) is 16.7 Å². The minimum Gasteiger partial charge on any atom is -0.445 e. The number of urea groups is 1. The van der Waals surface area contributed by atoms with Crippen molar-refractivity contribution < 1.29 is 29.0 Å². The van der Waals surface area contributed by atoms with Gasteiger partial charge in [-0.2, -0.15) is 0 Å². The zero-order chi connectivity index (χ0) is 32.8. The molecule has 0 radical (unpaired) electrons. The molecule has 45 heavy (non-hydrogen) atoms. The topological polar surface area (TPSA) is 176 Å². The summed E-state index contributed by atoms with van der Waals surface area (Å²) in [4.78, 5) is 56.6. The highest BCUT2D eigenvalue weighted by Gasteiger charge is 2.34. The number of hydrogen-bond acceptors (Lipinski definition) is 7. The first-order valence-corrected chi connectivity index (χ1v) is 14.6. The summed E-state index contributed by atoms with van der Waals surface area (Å²) >= 11 is 0. The van der Waals surface area contributed by atoms with Crippen LogP contribution >= 0.6 is 0 Å². The van der Waals surface area contributed by atoms with Crippen LogP contribution in [0.1, 0.15) is 43.9 Å². The van der Waals surface area contributed by atoms with Gasteiger partial charge in [0.1, 0.15) is 12.6 Å². The molecule has 6 N–H and O–H groups in total. The van der Waals surface area contributed by atoms with Crippen molar-refractivity contribution in [1.29, 1.82) is 0 Å². The van der Waals surface area contributed by atoms with Crippen molar-refractivity contribution in [1.82, 2.24) is 25.8 Å². The maximum atomic E-state index is 13.5. The van der Waals surface area contributed by atoms with Gasteiger partial charge in [-0.25, -0.2) is 9.59 Å². The number of β-amino-alcohol motifs (C(OH)–C–C–N with tert-alkyl or cyclic N) is 1. The predicted molar refractivity (Wildman–Crippen MR) is 168 cm³/mol. The van der Waals surface area contributed by atoms with Crippen molar-refractivity contribution in [2.45, 2.75) is 70.5 Å². The highest BCUT2D eigenvalue weighted by molar-refractivity contribution is 5.90. The number of amides is 5. The number of alkyl carbamates (subject to hydrolysis) is 1. The van der Waals surface area contributed by atoms with E-state index in [4.69, 9.17) is 10.5 Å². The van der Waals surface area contributed by atoms with Crippen LogP contribution < -0.4 is 21.7 Å². The summed E-state index contributed by atoms with van der Waals surface area (Å²) in [5.74, 6) is -1.56. The van der Waals surface area contributed by atoms with E-state index in [1.165, 1.54) is 4.90 Å². The van der Waals surface area contributed by atoms with Gasteiger partial charge < -0.3 is 36.4 Å². The second-order valence-electron chi connectivity index (χ2n) is 11.6. The molecule has 1 aromatic heterocycles. The van der Waals surface area contributed by atoms with Gasteiger partial charge in [-0.1, -0.05) is 60.7 Å². The molecule has 2 aromatic carbocycles. The summed E-state index contributed by atoms with van der Waals surface area (Å²) in [7, 11) is 0. The Bertz CT molecular complexity index is 1390. The number of benzene rings is 2. The molecule has 3 aromatic rings. The monoisotopic (exact) mass is 618 g/mol. The number of hydrogen-bond donors (Lipinski definition) is 5. The Morgan fingerprint density at radius 3 is 2.07 bits per heavy atom. The van der Waals surface area contributed by atoms with E-state index in [0.29, 0.717) is 0 Å². The lowest BCUT2D eigenvalue weighted by Gasteiger charge is -2.39. The smallest absolute Gasteiger partial charge is 0.408 e. The molecule has 0 aliphatic heterocycles. The third kappa shape index (κ3) is 11.9. The number of nitrogens with zero attached hydrogens (tertiary/aromatic N) is 2. The van der Waals surface area contributed by atoms with Crippen molar-refractivity contribution >= 4 is 23.9 Å². The lowest BCUT2D eigenvalue weighted by molar-refractivity contribution is -0.128. The number of primary amides is 1. The van der Waals surface area contributed by atoms with Gasteiger partial charge in [0, 0.05) is 24.5 Å². The molecule has 0 saturated carbocycles. The molecule has 0 saturated heterocycles. The summed E-state index contributed by atoms with van der Waals surface area (Å²) in [6.45, 7) is 5.60. The Balaban J connectivity index is 1.75. The van der Waals surface area contributed by atoms with Gasteiger partial charge in [-0.05, 0) is 56.0 Å². The number of rotatable bonds is 14. The maximum Gasteiger partial charge on any atom is 0.408 e. The minimum absolute atomic E-state index is 0.0429. The van der Waals surface area contributed by atoms with E-state index >= 15 is 0 Å². The number of aliphatic hydroxyl groups is 1. The van der Waals surface area contributed by atoms with Crippen molar-refractivity contribution in [3.8, 4) is 0 Å². The zero-order valence-corrected chi connectivity index (χ0v) is 25.8. The standard InChI is InChI=1S/C33H42N6O6/c1-33(2,3)39(31(43)36-20-24-14-16-35-17-15-24)21-28(40)26(18-23-10-6-4-7-11-23)37-30(42)27(19-29(34)41)38-32(44)45-22-25-12-8-5-9-13-25/h4-17,26-28,40H,18-22H2,1-3H3,(H2,34,41)(H,36,43)(H,37,42)(H,38,44)/t26-,27-,28+/m0/s1. The zero-order valence-electron chi connectivity index (χ0n) is 25.8. The molecule has 12 heteroatoms. The third-order valence-corrected chi connectivity index (χ3v) is 6.93. The van der Waals surface area contributed by atoms with Crippen LogP contribution in [-0.2, 0) is 33.9 Å². The Morgan fingerprint density at radius 2 is 1.49 bits per heavy atom. The average molecular weight is 619 g/mol. The molecular formula is C33H42N6O6. The van der Waals surface area contributed by atoms with Gasteiger partial charge in [-0.15, -0.1) is 0 Å². The molecule has 0 spiro atoms. The number of aliphatic hydroxyl groups excluding tert-OH is 1. The first kappa shape index (κ1) is 34.5. The van der Waals surface area contributed by atoms with Crippen LogP contribution in [0.2, 0.25) is 0 Å². The van der Waals surface area contributed by atoms with Gasteiger partial charge in [0.2, 0.25) is 11.8 Å². The van der Waals surface area contributed by atoms with Crippen LogP contribution in [0, 0.1) is 0 Å². The predicted octanol–water partition coefficient (Wildman–Crippen LogP) is 2.65. The van der Waals surface area contributed by atoms with Crippen molar-refractivity contribution in [2.75, 3.05) is 6.54 Å². The van der Waals surface area contributed by atoms with Crippen LogP contribution in [-0.4, -0.2) is 69.2 Å². The van der Waals surface area contributed by atoms with Crippen LogP contribution in [0.5, 0.6) is 0 Å². The van der Waals surface area contributed by atoms with Gasteiger partial charge >= 0.3 is 12.1 Å². The molecule has 3 rings (SSSR count). The summed E-state index contributed by atoms with van der Waals surface area (Å²) in [5.41, 5.74) is 7.11. The van der Waals surface area contributed by atoms with Gasteiger partial charge in [-0.3, -0.25) is 14.6 Å². The molecule has 12 nitrogen and oxygen atoms in total. The van der Waals surface area contributed by atoms with Crippen LogP contribution in [0.4, 0.5) is 9.59 Å². The molecule has 0 unspecified atom stereocenters. The number of aromatic nitrogens is 1. The highest BCUT2D eigenvalue weighted by Crippen LogP contribution is 2.17. The lowest BCUT2D eigenvalue weighted by atomic mass is 9.98. The Kier molecular flexibility index (Phi) is 12.9. The molecule has 0 aliphatic carbocycles. The lowest BCUT2D eigenvalue weighted by Crippen LogP contribution is -2.59. The van der Waals surface area contributed by atoms with Crippen molar-refractivity contribution in [3.63, 3.8) is 0 Å². The number of carbonyl (C=O) groups is 4. The number of ether oxygens (including phenoxy) is 1. The second-order valence-corrected chi connectivity index (χ2v) is 11.6. The van der Waals surface area contributed by atoms with Gasteiger partial charge in [0.25, 0.3) is 0 Å². The van der Waals surface area contributed by atoms with E-state index < -0.39 is 54.1 Å². The molecule has 3 atom stereocenters. The number of nitrogens with one attached hydrogen (secondary N) is 3. The van der Waals surface area contributed by atoms with Gasteiger partial charge in [0.05, 0.1) is 25.1 Å². The van der Waals surface area contributed by atoms with Crippen LogP contribution in [0.15, 0.2) is 85.2 Å². The molecule has 5 amide bonds. The van der Waals surface area contributed by atoms with Crippen molar-refractivity contribution in [2.24, 2.45) is 5.73 Å². The average Bonchev–Trinajstić information content (AvgIpc) is 3.01. The summed E-state index contributed by atoms with van der Waals surface area (Å²) in [6.07, 6.45) is 0.822. The maximum absolute atomic E-state index is 13.5. The Hall–Kier alpha value is -4.97. The van der Waals surface area contributed by atoms with E-state index in [9.17, 15) is 24.3 Å². The first-order chi connectivity index (χ1) is 21.4. The number of nitrogens with two attached hydrogens (primary N) is 1. The van der Waals surface area contributed by atoms with E-state index in [-0.39, 0.29) is 26.1 Å². The molecule has 0 bridgehead atoms. The number of pyridine rings is 1. The third-order valence-electron chi connectivity index (χ3n) is 6.93. The molecule has 240 valence electrons. The quantitative estimate of drug-likeness (QED) is 0.184. The molecular weight excluding hydrogens is 576 g/mol. The normalized spacial score (nSPS) is 13.1. The fourth-order valence-corrected chi connectivity index (χ4v) is 4.50. The molecule has 1 heterocycles. The first-order valence-electron chi connectivity index (χ1n) is 14.6. The van der Waals surface area contributed by atoms with Crippen molar-refractivity contribution in [3.05, 3.63) is 102 Å². The minimum atomic E-state index is -1.36. The summed E-state index contributed by atoms with van der Waals surface area (Å²) < 4.78 is 5.22. The van der Waals surface area contributed by atoms with Crippen LogP contribution in [0.25, 0.3) is 0 Å². The summed E-state index contributed by atoms with van der Waals surface area (Å²) in [5, 5.41) is 19.5. The number of carbonyl (C=O) groups excluding carboxylic acids is 4. The Morgan fingerprint density at radius 1 is 0.889 bits per heavy atom. The second kappa shape index (κ2) is 16.8. The van der Waals surface area contributed by atoms with Crippen LogP contribution in [0.3, 0.4) is 0 Å². The van der Waals surface area contributed by atoms with Gasteiger partial charge in [0.15, 0.2) is 0 Å². The van der Waals surface area contributed by atoms with E-state index in [1.54, 1.807) is 48.8 Å². The molecule has 0 fully saturated rings. The van der Waals surface area contributed by atoms with E-state index in [1.807, 2.05) is 57.2 Å². The fourth-order valence-electron chi connectivity index (χ4n) is 4.50. The van der Waals surface area contributed by atoms with E-state index in [2.05, 4.69) is 20.9 Å².